The van der Waals surface area contributed by atoms with Gasteiger partial charge in [0.25, 0.3) is 5.56 Å². The Morgan fingerprint density at radius 2 is 2.21 bits per heavy atom. The number of fused-ring (bicyclic) bond motifs is 4. The van der Waals surface area contributed by atoms with E-state index < -0.39 is 0 Å². The normalized spacial score (nSPS) is 16.4. The second kappa shape index (κ2) is 6.83. The van der Waals surface area contributed by atoms with E-state index in [-0.39, 0.29) is 18.1 Å². The van der Waals surface area contributed by atoms with Crippen LogP contribution in [0.25, 0.3) is 15.2 Å². The van der Waals surface area contributed by atoms with E-state index in [9.17, 15) is 9.59 Å². The number of nitrogens with zero attached hydrogens (tertiary/aromatic N) is 2. The molecule has 0 N–H and O–H groups in total. The van der Waals surface area contributed by atoms with Crippen molar-refractivity contribution in [1.82, 2.24) is 9.38 Å². The SMILES string of the molecule is C[C@@H]1CCc2c(C(=O)OCc3cc(=O)n4c(n3)sc3ccccc34)csc2C1. The molecule has 142 valence electrons. The number of aromatic nitrogens is 2. The topological polar surface area (TPSA) is 60.7 Å². The molecule has 5 rings (SSSR count). The maximum absolute atomic E-state index is 12.6. The van der Waals surface area contributed by atoms with Gasteiger partial charge in [0.05, 0.1) is 21.5 Å². The zero-order valence-corrected chi connectivity index (χ0v) is 16.9. The van der Waals surface area contributed by atoms with E-state index in [1.54, 1.807) is 15.7 Å². The van der Waals surface area contributed by atoms with Gasteiger partial charge in [0.15, 0.2) is 4.96 Å². The highest BCUT2D eigenvalue weighted by molar-refractivity contribution is 7.23. The minimum atomic E-state index is -0.328. The zero-order valence-electron chi connectivity index (χ0n) is 15.3. The van der Waals surface area contributed by atoms with Crippen LogP contribution in [0.3, 0.4) is 0 Å². The fraction of sp³-hybridized carbons (Fsp3) is 0.286. The molecule has 7 heteroatoms. The third-order valence-corrected chi connectivity index (χ3v) is 7.29. The van der Waals surface area contributed by atoms with Gasteiger partial charge < -0.3 is 4.74 Å². The number of benzene rings is 1. The van der Waals surface area contributed by atoms with Crippen molar-refractivity contribution in [3.63, 3.8) is 0 Å². The van der Waals surface area contributed by atoms with Crippen LogP contribution >= 0.6 is 22.7 Å². The van der Waals surface area contributed by atoms with Crippen LogP contribution in [0.1, 0.15) is 39.8 Å². The van der Waals surface area contributed by atoms with Crippen molar-refractivity contribution >= 4 is 43.8 Å². The summed E-state index contributed by atoms with van der Waals surface area (Å²) in [6.07, 6.45) is 3.07. The molecule has 3 heterocycles. The quantitative estimate of drug-likeness (QED) is 0.468. The van der Waals surface area contributed by atoms with Gasteiger partial charge in [-0.3, -0.25) is 9.20 Å². The first-order valence-corrected chi connectivity index (χ1v) is 11.0. The molecule has 0 fully saturated rings. The van der Waals surface area contributed by atoms with E-state index in [0.717, 1.165) is 35.0 Å². The molecule has 1 atom stereocenters. The summed E-state index contributed by atoms with van der Waals surface area (Å²) in [5, 5.41) is 1.91. The fourth-order valence-corrected chi connectivity index (χ4v) is 6.05. The van der Waals surface area contributed by atoms with Gasteiger partial charge in [-0.1, -0.05) is 30.4 Å². The molecule has 0 radical (unpaired) electrons. The molecule has 1 aliphatic carbocycles. The van der Waals surface area contributed by atoms with Gasteiger partial charge in [0.1, 0.15) is 6.61 Å². The molecule has 0 spiro atoms. The summed E-state index contributed by atoms with van der Waals surface area (Å²) in [6, 6.07) is 9.16. The number of thiazole rings is 1. The first kappa shape index (κ1) is 17.6. The molecule has 0 saturated carbocycles. The van der Waals surface area contributed by atoms with E-state index in [0.29, 0.717) is 22.1 Å². The summed E-state index contributed by atoms with van der Waals surface area (Å²) < 4.78 is 8.10. The zero-order chi connectivity index (χ0) is 19.3. The molecule has 0 bridgehead atoms. The highest BCUT2D eigenvalue weighted by atomic mass is 32.1. The molecular formula is C21H18N2O3S2. The Balaban J connectivity index is 1.40. The largest absolute Gasteiger partial charge is 0.456 e. The molecule has 1 aliphatic rings. The third-order valence-electron chi connectivity index (χ3n) is 5.22. The number of hydrogen-bond donors (Lipinski definition) is 0. The van der Waals surface area contributed by atoms with Crippen LogP contribution in [0, 0.1) is 5.92 Å². The lowest BCUT2D eigenvalue weighted by Crippen LogP contribution is -2.16. The van der Waals surface area contributed by atoms with E-state index >= 15 is 0 Å². The average molecular weight is 411 g/mol. The third kappa shape index (κ3) is 2.95. The Bertz CT molecular complexity index is 1270. The van der Waals surface area contributed by atoms with E-state index in [4.69, 9.17) is 4.74 Å². The van der Waals surface area contributed by atoms with Crippen LogP contribution in [0.15, 0.2) is 40.5 Å². The molecule has 1 aromatic carbocycles. The van der Waals surface area contributed by atoms with Crippen molar-refractivity contribution in [3.05, 3.63) is 67.8 Å². The maximum atomic E-state index is 12.6. The molecule has 4 aromatic rings. The van der Waals surface area contributed by atoms with Crippen LogP contribution in [0.4, 0.5) is 0 Å². The lowest BCUT2D eigenvalue weighted by molar-refractivity contribution is 0.0466. The molecule has 0 unspecified atom stereocenters. The van der Waals surface area contributed by atoms with Crippen LogP contribution in [-0.2, 0) is 24.2 Å². The van der Waals surface area contributed by atoms with Gasteiger partial charge in [-0.2, -0.15) is 0 Å². The van der Waals surface area contributed by atoms with Gasteiger partial charge >= 0.3 is 5.97 Å². The highest BCUT2D eigenvalue weighted by Crippen LogP contribution is 2.33. The van der Waals surface area contributed by atoms with Crippen LogP contribution < -0.4 is 5.56 Å². The number of thiophene rings is 1. The van der Waals surface area contributed by atoms with Crippen molar-refractivity contribution in [2.24, 2.45) is 5.92 Å². The first-order chi connectivity index (χ1) is 13.6. The Labute approximate surface area is 169 Å². The monoisotopic (exact) mass is 410 g/mol. The lowest BCUT2D eigenvalue weighted by Gasteiger charge is -2.18. The van der Waals surface area contributed by atoms with Gasteiger partial charge in [-0.15, -0.1) is 11.3 Å². The van der Waals surface area contributed by atoms with Gasteiger partial charge in [0, 0.05) is 16.3 Å². The number of para-hydroxylation sites is 1. The fourth-order valence-electron chi connectivity index (χ4n) is 3.76. The second-order valence-corrected chi connectivity index (χ2v) is 9.22. The number of carbonyl (C=O) groups excluding carboxylic acids is 1. The van der Waals surface area contributed by atoms with Crippen LogP contribution in [0.5, 0.6) is 0 Å². The summed E-state index contributed by atoms with van der Waals surface area (Å²) in [5.41, 5.74) is 2.98. The number of hydrogen-bond acceptors (Lipinski definition) is 6. The standard InChI is InChI=1S/C21H18N2O3S2/c1-12-6-7-14-15(11-27-18(14)8-12)20(25)26-10-13-9-19(24)23-16-4-2-3-5-17(16)28-21(23)22-13/h2-5,9,11-12H,6-8,10H2,1H3/t12-/m1/s1. The molecule has 0 aliphatic heterocycles. The Hall–Kier alpha value is -2.51. The lowest BCUT2D eigenvalue weighted by atomic mass is 9.88. The predicted molar refractivity (Wildman–Crippen MR) is 111 cm³/mol. The van der Waals surface area contributed by atoms with Crippen molar-refractivity contribution in [3.8, 4) is 0 Å². The molecule has 0 saturated heterocycles. The number of ether oxygens (including phenoxy) is 1. The minimum Gasteiger partial charge on any atom is -0.456 e. The van der Waals surface area contributed by atoms with Gasteiger partial charge in [0.2, 0.25) is 0 Å². The second-order valence-electron chi connectivity index (χ2n) is 7.25. The molecule has 28 heavy (non-hydrogen) atoms. The Kier molecular flexibility index (Phi) is 4.29. The summed E-state index contributed by atoms with van der Waals surface area (Å²) >= 11 is 3.10. The molecular weight excluding hydrogens is 392 g/mol. The summed E-state index contributed by atoms with van der Waals surface area (Å²) in [6.45, 7) is 2.24. The van der Waals surface area contributed by atoms with E-state index in [2.05, 4.69) is 11.9 Å². The van der Waals surface area contributed by atoms with E-state index in [1.165, 1.54) is 22.3 Å². The van der Waals surface area contributed by atoms with Crippen molar-refractivity contribution in [1.29, 1.82) is 0 Å². The first-order valence-electron chi connectivity index (χ1n) is 9.27. The van der Waals surface area contributed by atoms with Gasteiger partial charge in [-0.25, -0.2) is 9.78 Å². The number of esters is 1. The average Bonchev–Trinajstić information content (AvgIpc) is 3.26. The predicted octanol–water partition coefficient (Wildman–Crippen LogP) is 4.45. The summed E-state index contributed by atoms with van der Waals surface area (Å²) in [4.78, 5) is 31.6. The minimum absolute atomic E-state index is 0.000157. The highest BCUT2D eigenvalue weighted by Gasteiger charge is 2.24. The molecule has 0 amide bonds. The smallest absolute Gasteiger partial charge is 0.339 e. The van der Waals surface area contributed by atoms with Crippen molar-refractivity contribution in [2.75, 3.05) is 0 Å². The van der Waals surface area contributed by atoms with Crippen LogP contribution in [0.2, 0.25) is 0 Å². The maximum Gasteiger partial charge on any atom is 0.339 e. The number of carbonyl (C=O) groups is 1. The summed E-state index contributed by atoms with van der Waals surface area (Å²) in [5.74, 6) is 0.339. The van der Waals surface area contributed by atoms with Crippen LogP contribution in [-0.4, -0.2) is 15.4 Å². The Morgan fingerprint density at radius 1 is 1.36 bits per heavy atom. The van der Waals surface area contributed by atoms with Crippen molar-refractivity contribution < 1.29 is 9.53 Å². The number of rotatable bonds is 3. The summed E-state index contributed by atoms with van der Waals surface area (Å²) in [7, 11) is 0. The molecule has 5 nitrogen and oxygen atoms in total. The van der Waals surface area contributed by atoms with Gasteiger partial charge in [-0.05, 0) is 42.9 Å². The Morgan fingerprint density at radius 3 is 3.11 bits per heavy atom. The molecule has 3 aromatic heterocycles. The van der Waals surface area contributed by atoms with Crippen molar-refractivity contribution in [2.45, 2.75) is 32.8 Å². The van der Waals surface area contributed by atoms with E-state index in [1.807, 2.05) is 29.6 Å².